The summed E-state index contributed by atoms with van der Waals surface area (Å²) < 4.78 is 0. The zero-order valence-corrected chi connectivity index (χ0v) is 15.4. The van der Waals surface area contributed by atoms with Gasteiger partial charge in [0.2, 0.25) is 0 Å². The van der Waals surface area contributed by atoms with Crippen LogP contribution >= 0.6 is 8.58 Å². The van der Waals surface area contributed by atoms with Crippen molar-refractivity contribution in [1.82, 2.24) is 0 Å². The van der Waals surface area contributed by atoms with E-state index in [1.54, 1.807) is 24.8 Å². The third kappa shape index (κ3) is 2.37. The first kappa shape index (κ1) is 15.2. The standard InChI is InChI=1S/C21H31P/c1-20(2,3)21-12-16-9-17(13-21)11-18(10-16)19(21)22-14-15-7-5-4-6-8-15/h4-8,16-19,22H,9-14H2,1-3H3. The number of rotatable bonds is 3. The molecule has 22 heavy (non-hydrogen) atoms. The fourth-order valence-electron chi connectivity index (χ4n) is 6.31. The van der Waals surface area contributed by atoms with Gasteiger partial charge in [-0.3, -0.25) is 0 Å². The predicted octanol–water partition coefficient (Wildman–Crippen LogP) is 6.11. The summed E-state index contributed by atoms with van der Waals surface area (Å²) in [5.74, 6) is 3.18. The zero-order valence-electron chi connectivity index (χ0n) is 14.4. The Morgan fingerprint density at radius 3 is 2.23 bits per heavy atom. The summed E-state index contributed by atoms with van der Waals surface area (Å²) in [6.07, 6.45) is 9.06. The van der Waals surface area contributed by atoms with Crippen molar-refractivity contribution in [3.8, 4) is 0 Å². The number of hydrogen-bond acceptors (Lipinski definition) is 0. The third-order valence-electron chi connectivity index (χ3n) is 7.17. The average Bonchev–Trinajstić information content (AvgIpc) is 2.45. The van der Waals surface area contributed by atoms with Gasteiger partial charge in [-0.1, -0.05) is 51.1 Å². The topological polar surface area (TPSA) is 0 Å². The third-order valence-corrected chi connectivity index (χ3v) is 9.25. The van der Waals surface area contributed by atoms with Crippen LogP contribution in [0.3, 0.4) is 0 Å². The molecule has 4 aliphatic carbocycles. The van der Waals surface area contributed by atoms with Crippen molar-refractivity contribution in [2.75, 3.05) is 0 Å². The van der Waals surface area contributed by atoms with Crippen molar-refractivity contribution in [3.05, 3.63) is 35.9 Å². The molecule has 0 N–H and O–H groups in total. The van der Waals surface area contributed by atoms with E-state index >= 15 is 0 Å². The first-order valence-corrected chi connectivity index (χ1v) is 10.5. The summed E-state index contributed by atoms with van der Waals surface area (Å²) in [7, 11) is 1.13. The summed E-state index contributed by atoms with van der Waals surface area (Å²) in [5.41, 5.74) is 3.69. The van der Waals surface area contributed by atoms with E-state index in [1.165, 1.54) is 19.0 Å². The first-order valence-electron chi connectivity index (χ1n) is 9.25. The van der Waals surface area contributed by atoms with Crippen LogP contribution < -0.4 is 0 Å². The molecule has 0 aliphatic heterocycles. The lowest BCUT2D eigenvalue weighted by Gasteiger charge is -2.66. The molecule has 4 unspecified atom stereocenters. The van der Waals surface area contributed by atoms with Gasteiger partial charge in [0.15, 0.2) is 0 Å². The molecule has 1 aromatic rings. The second kappa shape index (κ2) is 5.34. The van der Waals surface area contributed by atoms with Crippen LogP contribution in [0.25, 0.3) is 0 Å². The molecular formula is C21H31P. The molecule has 1 heteroatoms. The Morgan fingerprint density at radius 1 is 1.00 bits per heavy atom. The van der Waals surface area contributed by atoms with Crippen LogP contribution in [-0.2, 0) is 6.16 Å². The molecule has 4 atom stereocenters. The van der Waals surface area contributed by atoms with E-state index in [0.29, 0.717) is 10.8 Å². The Kier molecular flexibility index (Phi) is 3.69. The molecule has 1 aromatic carbocycles. The highest BCUT2D eigenvalue weighted by molar-refractivity contribution is 7.38. The van der Waals surface area contributed by atoms with Gasteiger partial charge < -0.3 is 0 Å². The fraction of sp³-hybridized carbons (Fsp3) is 0.714. The van der Waals surface area contributed by atoms with Gasteiger partial charge in [0.1, 0.15) is 0 Å². The van der Waals surface area contributed by atoms with E-state index < -0.39 is 0 Å². The van der Waals surface area contributed by atoms with Crippen molar-refractivity contribution in [3.63, 3.8) is 0 Å². The monoisotopic (exact) mass is 314 g/mol. The molecule has 4 fully saturated rings. The lowest BCUT2D eigenvalue weighted by atomic mass is 9.43. The summed E-state index contributed by atoms with van der Waals surface area (Å²) in [6.45, 7) is 7.63. The Balaban J connectivity index is 1.59. The van der Waals surface area contributed by atoms with Gasteiger partial charge in [0.25, 0.3) is 0 Å². The molecular weight excluding hydrogens is 283 g/mol. The second-order valence-electron chi connectivity index (χ2n) is 9.36. The maximum atomic E-state index is 2.54. The maximum absolute atomic E-state index is 2.54. The summed E-state index contributed by atoms with van der Waals surface area (Å²) in [5, 5.41) is 0. The lowest BCUT2D eigenvalue weighted by Crippen LogP contribution is -2.59. The molecule has 4 bridgehead atoms. The highest BCUT2D eigenvalue weighted by Gasteiger charge is 2.60. The molecule has 0 spiro atoms. The van der Waals surface area contributed by atoms with E-state index in [0.717, 1.165) is 32.0 Å². The Morgan fingerprint density at radius 2 is 1.64 bits per heavy atom. The van der Waals surface area contributed by atoms with Crippen LogP contribution in [-0.4, -0.2) is 5.66 Å². The van der Waals surface area contributed by atoms with Crippen LogP contribution in [0.1, 0.15) is 58.4 Å². The molecule has 0 heterocycles. The lowest BCUT2D eigenvalue weighted by molar-refractivity contribution is -0.107. The normalized spacial score (nSPS) is 40.7. The van der Waals surface area contributed by atoms with Gasteiger partial charge in [0.05, 0.1) is 0 Å². The fourth-order valence-corrected chi connectivity index (χ4v) is 8.66. The average molecular weight is 314 g/mol. The molecule has 0 radical (unpaired) electrons. The van der Waals surface area contributed by atoms with E-state index in [9.17, 15) is 0 Å². The number of benzene rings is 1. The Hall–Kier alpha value is -0.350. The smallest absolute Gasteiger partial charge is 0.00978 e. The molecule has 4 saturated carbocycles. The first-order chi connectivity index (χ1) is 10.5. The minimum absolute atomic E-state index is 0.483. The van der Waals surface area contributed by atoms with Gasteiger partial charge >= 0.3 is 0 Å². The van der Waals surface area contributed by atoms with Gasteiger partial charge in [-0.05, 0) is 78.1 Å². The molecule has 0 aromatic heterocycles. The Labute approximate surface area is 138 Å². The van der Waals surface area contributed by atoms with Crippen LogP contribution in [0.4, 0.5) is 0 Å². The molecule has 4 aliphatic rings. The number of hydrogen-bond donors (Lipinski definition) is 0. The van der Waals surface area contributed by atoms with Crippen molar-refractivity contribution in [2.45, 2.75) is 64.7 Å². The van der Waals surface area contributed by atoms with Gasteiger partial charge in [-0.25, -0.2) is 0 Å². The van der Waals surface area contributed by atoms with E-state index in [4.69, 9.17) is 0 Å². The molecule has 0 saturated heterocycles. The summed E-state index contributed by atoms with van der Waals surface area (Å²) >= 11 is 0. The van der Waals surface area contributed by atoms with Crippen molar-refractivity contribution < 1.29 is 0 Å². The molecule has 5 rings (SSSR count). The zero-order chi connectivity index (χ0) is 15.4. The minimum Gasteiger partial charge on any atom is -0.114 e. The van der Waals surface area contributed by atoms with Crippen LogP contribution in [0, 0.1) is 28.6 Å². The van der Waals surface area contributed by atoms with Gasteiger partial charge in [0, 0.05) is 0 Å². The quantitative estimate of drug-likeness (QED) is 0.591. The summed E-state index contributed by atoms with van der Waals surface area (Å²) in [6, 6.07) is 11.2. The maximum Gasteiger partial charge on any atom is -0.00978 e. The van der Waals surface area contributed by atoms with E-state index in [2.05, 4.69) is 51.1 Å². The van der Waals surface area contributed by atoms with Crippen molar-refractivity contribution in [2.24, 2.45) is 28.6 Å². The van der Waals surface area contributed by atoms with Crippen LogP contribution in [0.5, 0.6) is 0 Å². The largest absolute Gasteiger partial charge is 0.114 e. The summed E-state index contributed by atoms with van der Waals surface area (Å²) in [4.78, 5) is 0. The molecule has 0 amide bonds. The SMILES string of the molecule is CC(C)(C)C12CC3CC(CC(C3)C1PCc1ccccc1)C2. The van der Waals surface area contributed by atoms with E-state index in [-0.39, 0.29) is 0 Å². The van der Waals surface area contributed by atoms with Crippen LogP contribution in [0.2, 0.25) is 0 Å². The highest BCUT2D eigenvalue weighted by Crippen LogP contribution is 2.69. The molecule has 0 nitrogen and oxygen atoms in total. The Bertz CT molecular complexity index is 513. The van der Waals surface area contributed by atoms with Crippen molar-refractivity contribution in [1.29, 1.82) is 0 Å². The molecule has 120 valence electrons. The van der Waals surface area contributed by atoms with E-state index in [1.807, 2.05) is 0 Å². The van der Waals surface area contributed by atoms with Crippen molar-refractivity contribution >= 4 is 8.58 Å². The van der Waals surface area contributed by atoms with Crippen LogP contribution in [0.15, 0.2) is 30.3 Å². The predicted molar refractivity (Wildman–Crippen MR) is 97.7 cm³/mol. The highest BCUT2D eigenvalue weighted by atomic mass is 31.1. The minimum atomic E-state index is 0.483. The second-order valence-corrected chi connectivity index (χ2v) is 10.7. The van der Waals surface area contributed by atoms with Gasteiger partial charge in [-0.15, -0.1) is 8.58 Å². The van der Waals surface area contributed by atoms with Gasteiger partial charge in [-0.2, -0.15) is 0 Å².